The van der Waals surface area contributed by atoms with E-state index in [1.54, 1.807) is 18.3 Å². The summed E-state index contributed by atoms with van der Waals surface area (Å²) in [5, 5.41) is 11.1. The third kappa shape index (κ3) is 5.39. The van der Waals surface area contributed by atoms with E-state index in [0.29, 0.717) is 6.04 Å². The van der Waals surface area contributed by atoms with Gasteiger partial charge in [0, 0.05) is 13.0 Å². The van der Waals surface area contributed by atoms with Gasteiger partial charge in [-0.1, -0.05) is 23.3 Å². The van der Waals surface area contributed by atoms with E-state index in [1.807, 2.05) is 0 Å². The first-order valence-corrected chi connectivity index (χ1v) is 8.36. The summed E-state index contributed by atoms with van der Waals surface area (Å²) in [7, 11) is 1.72. The normalized spacial score (nSPS) is 20.2. The highest BCUT2D eigenvalue weighted by molar-refractivity contribution is 5.62. The van der Waals surface area contributed by atoms with Crippen LogP contribution in [0.1, 0.15) is 44.6 Å². The van der Waals surface area contributed by atoms with Crippen LogP contribution in [0.2, 0.25) is 0 Å². The average molecular weight is 317 g/mol. The Morgan fingerprint density at radius 1 is 1.22 bits per heavy atom. The van der Waals surface area contributed by atoms with Gasteiger partial charge in [0.25, 0.3) is 5.97 Å². The second kappa shape index (κ2) is 8.73. The van der Waals surface area contributed by atoms with Gasteiger partial charge in [0.15, 0.2) is 0 Å². The van der Waals surface area contributed by atoms with E-state index < -0.39 is 5.97 Å². The molecule has 0 saturated carbocycles. The molecule has 1 unspecified atom stereocenters. The Morgan fingerprint density at radius 3 is 2.52 bits per heavy atom. The number of aliphatic carboxylic acids is 1. The van der Waals surface area contributed by atoms with E-state index in [9.17, 15) is 0 Å². The maximum absolute atomic E-state index is 9.00. The number of nitrogens with one attached hydrogen (secondary N) is 1. The fourth-order valence-electron chi connectivity index (χ4n) is 3.41. The first kappa shape index (κ1) is 17.5. The van der Waals surface area contributed by atoms with Crippen LogP contribution in [0, 0.1) is 0 Å². The molecule has 1 aliphatic heterocycles. The Morgan fingerprint density at radius 2 is 1.87 bits per heavy atom. The molecule has 3 rings (SSSR count). The third-order valence-corrected chi connectivity index (χ3v) is 4.47. The van der Waals surface area contributed by atoms with Crippen LogP contribution in [0.25, 0.3) is 0 Å². The molecule has 1 aromatic rings. The summed E-state index contributed by atoms with van der Waals surface area (Å²) in [6.45, 7) is 2.24. The molecule has 0 radical (unpaired) electrons. The molecule has 0 amide bonds. The number of carboxylic acid groups (broad SMARTS) is 1. The van der Waals surface area contributed by atoms with Gasteiger partial charge in [-0.3, -0.25) is 4.79 Å². The fourth-order valence-corrected chi connectivity index (χ4v) is 3.41. The second-order valence-electron chi connectivity index (χ2n) is 6.16. The highest BCUT2D eigenvalue weighted by Crippen LogP contribution is 2.32. The highest BCUT2D eigenvalue weighted by Gasteiger charge is 2.24. The highest BCUT2D eigenvalue weighted by atomic mass is 16.5. The second-order valence-corrected chi connectivity index (χ2v) is 6.16. The lowest BCUT2D eigenvalue weighted by Gasteiger charge is -2.33. The maximum atomic E-state index is 9.00. The van der Waals surface area contributed by atoms with Crippen molar-refractivity contribution in [2.75, 3.05) is 13.7 Å². The summed E-state index contributed by atoms with van der Waals surface area (Å²) in [6, 6.07) is 9.08. The molecule has 2 aliphatic rings. The van der Waals surface area contributed by atoms with E-state index >= 15 is 0 Å². The number of methoxy groups -OCH3 is 1. The largest absolute Gasteiger partial charge is 0.497 e. The number of carboxylic acids is 1. The Kier molecular flexibility index (Phi) is 6.66. The molecular formula is C19H27NO3. The van der Waals surface area contributed by atoms with Gasteiger partial charge in [-0.05, 0) is 62.8 Å². The molecular weight excluding hydrogens is 290 g/mol. The molecule has 0 bridgehead atoms. The number of benzene rings is 1. The van der Waals surface area contributed by atoms with Crippen LogP contribution < -0.4 is 10.1 Å². The van der Waals surface area contributed by atoms with Gasteiger partial charge >= 0.3 is 0 Å². The Labute approximate surface area is 138 Å². The van der Waals surface area contributed by atoms with E-state index in [0.717, 1.165) is 25.6 Å². The summed E-state index contributed by atoms with van der Waals surface area (Å²) in [5.41, 5.74) is 4.87. The minimum Gasteiger partial charge on any atom is -0.497 e. The van der Waals surface area contributed by atoms with Crippen molar-refractivity contribution in [1.29, 1.82) is 0 Å². The predicted molar refractivity (Wildman–Crippen MR) is 91.9 cm³/mol. The van der Waals surface area contributed by atoms with Crippen LogP contribution in [-0.2, 0) is 11.2 Å². The van der Waals surface area contributed by atoms with Gasteiger partial charge in [0.05, 0.1) is 7.11 Å². The number of rotatable bonds is 3. The first-order valence-electron chi connectivity index (χ1n) is 8.36. The molecule has 0 spiro atoms. The Balaban J connectivity index is 0.000000433. The molecule has 2 N–H and O–H groups in total. The van der Waals surface area contributed by atoms with Crippen molar-refractivity contribution < 1.29 is 14.6 Å². The van der Waals surface area contributed by atoms with Crippen molar-refractivity contribution in [2.45, 2.75) is 51.5 Å². The van der Waals surface area contributed by atoms with Crippen molar-refractivity contribution in [2.24, 2.45) is 0 Å². The minimum atomic E-state index is -0.833. The molecule has 0 fully saturated rings. The van der Waals surface area contributed by atoms with E-state index in [2.05, 4.69) is 29.6 Å². The van der Waals surface area contributed by atoms with Crippen LogP contribution in [0.3, 0.4) is 0 Å². The summed E-state index contributed by atoms with van der Waals surface area (Å²) in [4.78, 5) is 9.00. The zero-order valence-electron chi connectivity index (χ0n) is 14.1. The van der Waals surface area contributed by atoms with Crippen molar-refractivity contribution in [3.63, 3.8) is 0 Å². The fraction of sp³-hybridized carbons (Fsp3) is 0.526. The number of ether oxygens (including phenoxy) is 1. The standard InChI is InChI=1S/C17H23NO.C2H4O2/c1-19-15-8-6-13(7-9-15)12-17-16-5-3-2-4-14(16)10-11-18-17;1-2(3)4/h6-9,17-18H,2-5,10-12H2,1H3;1H3,(H,3,4). The lowest BCUT2D eigenvalue weighted by molar-refractivity contribution is -0.134. The van der Waals surface area contributed by atoms with Gasteiger partial charge in [0.2, 0.25) is 0 Å². The van der Waals surface area contributed by atoms with Crippen LogP contribution in [0.15, 0.2) is 35.4 Å². The van der Waals surface area contributed by atoms with E-state index in [1.165, 1.54) is 37.7 Å². The molecule has 0 aromatic heterocycles. The van der Waals surface area contributed by atoms with Crippen LogP contribution in [-0.4, -0.2) is 30.8 Å². The average Bonchev–Trinajstić information content (AvgIpc) is 2.55. The quantitative estimate of drug-likeness (QED) is 0.837. The van der Waals surface area contributed by atoms with E-state index in [-0.39, 0.29) is 0 Å². The van der Waals surface area contributed by atoms with Crippen molar-refractivity contribution >= 4 is 5.97 Å². The zero-order chi connectivity index (χ0) is 16.7. The molecule has 1 heterocycles. The predicted octanol–water partition coefficient (Wildman–Crippen LogP) is 3.56. The van der Waals surface area contributed by atoms with Gasteiger partial charge < -0.3 is 15.2 Å². The van der Waals surface area contributed by atoms with Crippen molar-refractivity contribution in [3.05, 3.63) is 41.0 Å². The van der Waals surface area contributed by atoms with Gasteiger partial charge in [-0.2, -0.15) is 0 Å². The smallest absolute Gasteiger partial charge is 0.300 e. The summed E-state index contributed by atoms with van der Waals surface area (Å²) >= 11 is 0. The molecule has 4 heteroatoms. The maximum Gasteiger partial charge on any atom is 0.300 e. The topological polar surface area (TPSA) is 58.6 Å². The van der Waals surface area contributed by atoms with Gasteiger partial charge in [-0.25, -0.2) is 0 Å². The monoisotopic (exact) mass is 317 g/mol. The Hall–Kier alpha value is -1.81. The number of hydrogen-bond acceptors (Lipinski definition) is 3. The molecule has 1 atom stereocenters. The molecule has 1 aliphatic carbocycles. The van der Waals surface area contributed by atoms with Gasteiger partial charge in [0.1, 0.15) is 5.75 Å². The minimum absolute atomic E-state index is 0.567. The summed E-state index contributed by atoms with van der Waals surface area (Å²) < 4.78 is 5.22. The summed E-state index contributed by atoms with van der Waals surface area (Å²) in [5.74, 6) is 0.109. The van der Waals surface area contributed by atoms with E-state index in [4.69, 9.17) is 14.6 Å². The van der Waals surface area contributed by atoms with Crippen molar-refractivity contribution in [3.8, 4) is 5.75 Å². The van der Waals surface area contributed by atoms with Crippen LogP contribution >= 0.6 is 0 Å². The summed E-state index contributed by atoms with van der Waals surface area (Å²) in [6.07, 6.45) is 7.81. The SMILES string of the molecule is CC(=O)O.COc1ccc(CC2NCCC3=C2CCCC3)cc1. The van der Waals surface area contributed by atoms with Crippen LogP contribution in [0.5, 0.6) is 5.75 Å². The van der Waals surface area contributed by atoms with Gasteiger partial charge in [-0.15, -0.1) is 0 Å². The lowest BCUT2D eigenvalue weighted by Crippen LogP contribution is -2.39. The number of hydrogen-bond donors (Lipinski definition) is 2. The van der Waals surface area contributed by atoms with Crippen molar-refractivity contribution in [1.82, 2.24) is 5.32 Å². The lowest BCUT2D eigenvalue weighted by atomic mass is 9.81. The zero-order valence-corrected chi connectivity index (χ0v) is 14.1. The molecule has 0 saturated heterocycles. The molecule has 1 aromatic carbocycles. The van der Waals surface area contributed by atoms with Crippen LogP contribution in [0.4, 0.5) is 0 Å². The molecule has 126 valence electrons. The molecule has 23 heavy (non-hydrogen) atoms. The molecule has 4 nitrogen and oxygen atoms in total. The number of carbonyl (C=O) groups is 1. The first-order chi connectivity index (χ1) is 11.1. The third-order valence-electron chi connectivity index (χ3n) is 4.47. The Bertz CT molecular complexity index is 540.